The third-order valence-corrected chi connectivity index (χ3v) is 8.15. The monoisotopic (exact) mass is 561 g/mol. The van der Waals surface area contributed by atoms with Crippen molar-refractivity contribution in [3.05, 3.63) is 90.9 Å². The minimum atomic E-state index is -3.75. The maximum Gasteiger partial charge on any atom is 0.342 e. The number of hydrogen-bond acceptors (Lipinski definition) is 8. The molecule has 4 aromatic rings. The molecule has 206 valence electrons. The molecule has 0 radical (unpaired) electrons. The summed E-state index contributed by atoms with van der Waals surface area (Å²) in [6.07, 6.45) is 3.56. The number of para-hydroxylation sites is 1. The van der Waals surface area contributed by atoms with Gasteiger partial charge in [0.1, 0.15) is 11.3 Å². The van der Waals surface area contributed by atoms with Crippen molar-refractivity contribution in [2.45, 2.75) is 17.9 Å². The summed E-state index contributed by atoms with van der Waals surface area (Å²) in [7, 11) is -3.75. The topological polar surface area (TPSA) is 133 Å². The molecule has 40 heavy (non-hydrogen) atoms. The fourth-order valence-corrected chi connectivity index (χ4v) is 5.60. The van der Waals surface area contributed by atoms with Crippen LogP contribution in [0.3, 0.4) is 0 Å². The van der Waals surface area contributed by atoms with E-state index in [2.05, 4.69) is 15.4 Å². The van der Waals surface area contributed by atoms with Crippen LogP contribution in [0, 0.1) is 0 Å². The van der Waals surface area contributed by atoms with Gasteiger partial charge >= 0.3 is 5.97 Å². The van der Waals surface area contributed by atoms with Crippen LogP contribution in [0.25, 0.3) is 16.9 Å². The van der Waals surface area contributed by atoms with E-state index in [1.165, 1.54) is 29.4 Å². The maximum absolute atomic E-state index is 13.2. The second-order valence-corrected chi connectivity index (χ2v) is 10.9. The molecular weight excluding hydrogens is 534 g/mol. The van der Waals surface area contributed by atoms with Crippen LogP contribution in [0.15, 0.2) is 90.2 Å². The molecule has 1 atom stereocenters. The number of rotatable bonds is 8. The summed E-state index contributed by atoms with van der Waals surface area (Å²) in [5, 5.41) is 7.21. The number of nitrogens with zero attached hydrogens (tertiary/aromatic N) is 4. The molecule has 0 aliphatic carbocycles. The smallest absolute Gasteiger partial charge is 0.342 e. The Bertz CT molecular complexity index is 1600. The number of sulfonamides is 1. The Kier molecular flexibility index (Phi) is 8.01. The number of amides is 1. The predicted octanol–water partition coefficient (Wildman–Crippen LogP) is 3.14. The number of carbonyl (C=O) groups excluding carboxylic acids is 2. The van der Waals surface area contributed by atoms with E-state index < -0.39 is 28.0 Å². The number of anilines is 1. The number of esters is 1. The van der Waals surface area contributed by atoms with E-state index in [0.29, 0.717) is 24.5 Å². The summed E-state index contributed by atoms with van der Waals surface area (Å²) in [5.74, 6) is -1.36. The van der Waals surface area contributed by atoms with Crippen LogP contribution < -0.4 is 5.32 Å². The lowest BCUT2D eigenvalue weighted by molar-refractivity contribution is -0.123. The highest BCUT2D eigenvalue weighted by atomic mass is 32.2. The summed E-state index contributed by atoms with van der Waals surface area (Å²) < 4.78 is 39.6. The fraction of sp³-hybridized carbons (Fsp3) is 0.214. The van der Waals surface area contributed by atoms with Gasteiger partial charge in [0, 0.05) is 42.9 Å². The van der Waals surface area contributed by atoms with Crippen molar-refractivity contribution in [3.8, 4) is 16.9 Å². The van der Waals surface area contributed by atoms with E-state index in [4.69, 9.17) is 9.47 Å². The molecular formula is C28H27N5O6S. The number of pyridine rings is 1. The van der Waals surface area contributed by atoms with Crippen molar-refractivity contribution in [1.82, 2.24) is 19.1 Å². The minimum absolute atomic E-state index is 0.0475. The Labute approximate surface area is 231 Å². The number of ether oxygens (including phenoxy) is 2. The highest BCUT2D eigenvalue weighted by Crippen LogP contribution is 2.25. The zero-order valence-electron chi connectivity index (χ0n) is 21.6. The van der Waals surface area contributed by atoms with E-state index in [1.54, 1.807) is 41.5 Å². The average Bonchev–Trinajstić information content (AvgIpc) is 3.45. The third-order valence-electron chi connectivity index (χ3n) is 6.25. The molecule has 11 nitrogen and oxygen atoms in total. The number of hydrogen-bond donors (Lipinski definition) is 1. The number of morpholine rings is 1. The van der Waals surface area contributed by atoms with Gasteiger partial charge < -0.3 is 14.8 Å². The van der Waals surface area contributed by atoms with E-state index >= 15 is 0 Å². The largest absolute Gasteiger partial charge is 0.449 e. The van der Waals surface area contributed by atoms with Crippen molar-refractivity contribution in [2.24, 2.45) is 0 Å². The zero-order valence-corrected chi connectivity index (χ0v) is 22.5. The molecule has 1 fully saturated rings. The molecule has 1 aliphatic rings. The van der Waals surface area contributed by atoms with Gasteiger partial charge in [0.05, 0.1) is 23.8 Å². The first-order valence-electron chi connectivity index (χ1n) is 12.6. The number of nitrogens with one attached hydrogen (secondary N) is 1. The highest BCUT2D eigenvalue weighted by Gasteiger charge is 2.28. The molecule has 0 bridgehead atoms. The normalized spacial score (nSPS) is 14.8. The standard InChI is InChI=1S/C28H27N5O6S/c1-20(27(34)30-22-8-5-11-24(17-22)40(36,37)32-13-15-38-16-14-32)39-28(35)25-19-33(23-9-3-2-4-10-23)31-26(25)21-7-6-12-29-18-21/h2-12,17-20H,13-16H2,1H3,(H,30,34)/t20-/m0/s1. The third kappa shape index (κ3) is 5.93. The average molecular weight is 562 g/mol. The van der Waals surface area contributed by atoms with Gasteiger partial charge in [-0.15, -0.1) is 0 Å². The van der Waals surface area contributed by atoms with Crippen LogP contribution >= 0.6 is 0 Å². The quantitative estimate of drug-likeness (QED) is 0.325. The SMILES string of the molecule is C[C@H](OC(=O)c1cn(-c2ccccc2)nc1-c1cccnc1)C(=O)Nc1cccc(S(=O)(=O)N2CCOCC2)c1. The first-order valence-corrected chi connectivity index (χ1v) is 14.0. The van der Waals surface area contributed by atoms with Crippen LogP contribution in [0.4, 0.5) is 5.69 Å². The Balaban J connectivity index is 1.32. The lowest BCUT2D eigenvalue weighted by Crippen LogP contribution is -2.40. The number of aromatic nitrogens is 3. The summed E-state index contributed by atoms with van der Waals surface area (Å²) in [6.45, 7) is 2.60. The Morgan fingerprint density at radius 2 is 1.80 bits per heavy atom. The van der Waals surface area contributed by atoms with Crippen LogP contribution in [0.5, 0.6) is 0 Å². The van der Waals surface area contributed by atoms with Crippen molar-refractivity contribution in [1.29, 1.82) is 0 Å². The molecule has 3 heterocycles. The van der Waals surface area contributed by atoms with Crippen LogP contribution in [0.1, 0.15) is 17.3 Å². The van der Waals surface area contributed by atoms with Gasteiger partial charge in [-0.1, -0.05) is 24.3 Å². The van der Waals surface area contributed by atoms with Gasteiger partial charge in [0.2, 0.25) is 10.0 Å². The van der Waals surface area contributed by atoms with Gasteiger partial charge in [-0.3, -0.25) is 9.78 Å². The van der Waals surface area contributed by atoms with Gasteiger partial charge in [0.15, 0.2) is 6.10 Å². The first-order chi connectivity index (χ1) is 19.3. The predicted molar refractivity (Wildman–Crippen MR) is 146 cm³/mol. The molecule has 1 N–H and O–H groups in total. The summed E-state index contributed by atoms with van der Waals surface area (Å²) in [5.41, 5.74) is 2.13. The molecule has 5 rings (SSSR count). The molecule has 0 unspecified atom stereocenters. The second kappa shape index (κ2) is 11.8. The molecule has 12 heteroatoms. The second-order valence-electron chi connectivity index (χ2n) is 8.99. The molecule has 1 saturated heterocycles. The molecule has 2 aromatic heterocycles. The Morgan fingerprint density at radius 3 is 2.52 bits per heavy atom. The van der Waals surface area contributed by atoms with Gasteiger partial charge in [-0.25, -0.2) is 17.9 Å². The lowest BCUT2D eigenvalue weighted by Gasteiger charge is -2.26. The van der Waals surface area contributed by atoms with E-state index in [-0.39, 0.29) is 29.2 Å². The maximum atomic E-state index is 13.2. The molecule has 1 amide bonds. The highest BCUT2D eigenvalue weighted by molar-refractivity contribution is 7.89. The van der Waals surface area contributed by atoms with E-state index in [9.17, 15) is 18.0 Å². The molecule has 0 spiro atoms. The van der Waals surface area contributed by atoms with E-state index in [1.807, 2.05) is 30.3 Å². The van der Waals surface area contributed by atoms with Gasteiger partial charge in [0.25, 0.3) is 5.91 Å². The minimum Gasteiger partial charge on any atom is -0.449 e. The lowest BCUT2D eigenvalue weighted by atomic mass is 10.1. The Hall–Kier alpha value is -4.39. The van der Waals surface area contributed by atoms with Crippen molar-refractivity contribution < 1.29 is 27.5 Å². The summed E-state index contributed by atoms with van der Waals surface area (Å²) in [4.78, 5) is 30.3. The number of benzene rings is 2. The van der Waals surface area contributed by atoms with Crippen LogP contribution in [-0.2, 0) is 24.3 Å². The molecule has 0 saturated carbocycles. The summed E-state index contributed by atoms with van der Waals surface area (Å²) >= 11 is 0. The van der Waals surface area contributed by atoms with Crippen molar-refractivity contribution in [3.63, 3.8) is 0 Å². The first kappa shape index (κ1) is 27.2. The molecule has 1 aliphatic heterocycles. The van der Waals surface area contributed by atoms with Crippen molar-refractivity contribution >= 4 is 27.6 Å². The zero-order chi connectivity index (χ0) is 28.1. The van der Waals surface area contributed by atoms with Crippen molar-refractivity contribution in [2.75, 3.05) is 31.6 Å². The number of carbonyl (C=O) groups is 2. The van der Waals surface area contributed by atoms with Crippen LogP contribution in [-0.4, -0.2) is 71.8 Å². The van der Waals surface area contributed by atoms with Gasteiger partial charge in [-0.05, 0) is 49.4 Å². The Morgan fingerprint density at radius 1 is 1.02 bits per heavy atom. The molecule has 2 aromatic carbocycles. The van der Waals surface area contributed by atoms with Gasteiger partial charge in [-0.2, -0.15) is 9.40 Å². The fourth-order valence-electron chi connectivity index (χ4n) is 4.14. The van der Waals surface area contributed by atoms with Crippen LogP contribution in [0.2, 0.25) is 0 Å². The summed E-state index contributed by atoms with van der Waals surface area (Å²) in [6, 6.07) is 18.7. The van der Waals surface area contributed by atoms with E-state index in [0.717, 1.165) is 5.69 Å².